The van der Waals surface area contributed by atoms with Crippen LogP contribution in [-0.4, -0.2) is 137 Å². The minimum absolute atomic E-state index is 0.0377. The van der Waals surface area contributed by atoms with Gasteiger partial charge in [0.05, 0.1) is 0 Å². The van der Waals surface area contributed by atoms with Crippen LogP contribution in [0.3, 0.4) is 0 Å². The van der Waals surface area contributed by atoms with Gasteiger partial charge in [0.1, 0.15) is 0 Å². The van der Waals surface area contributed by atoms with E-state index in [2.05, 4.69) is 10.6 Å². The Kier molecular flexibility index (Phi) is 20.8. The molecule has 2 aliphatic rings. The van der Waals surface area contributed by atoms with Crippen molar-refractivity contribution >= 4 is 51.8 Å². The summed E-state index contributed by atoms with van der Waals surface area (Å²) in [6.45, 7) is 6.93. The number of anilines is 2. The average molecular weight is 1080 g/mol. The van der Waals surface area contributed by atoms with E-state index in [-0.39, 0.29) is 60.8 Å². The van der Waals surface area contributed by atoms with Crippen LogP contribution in [0.5, 0.6) is 0 Å². The van der Waals surface area contributed by atoms with Gasteiger partial charge < -0.3 is 0 Å². The van der Waals surface area contributed by atoms with Gasteiger partial charge in [-0.25, -0.2) is 0 Å². The van der Waals surface area contributed by atoms with E-state index in [9.17, 15) is 36.2 Å². The van der Waals surface area contributed by atoms with Crippen LogP contribution in [0.15, 0.2) is 119 Å². The number of amides is 2. The summed E-state index contributed by atoms with van der Waals surface area (Å²) in [5, 5.41) is 5.64. The topological polar surface area (TPSA) is 281 Å². The Morgan fingerprint density at radius 1 is 0.603 bits per heavy atom. The van der Waals surface area contributed by atoms with Gasteiger partial charge >= 0.3 is 431 Å². The number of nitrogens with zero attached hydrogens (tertiary/aromatic N) is 2. The Morgan fingerprint density at radius 2 is 0.959 bits per heavy atom. The minimum atomic E-state index is -5.77. The van der Waals surface area contributed by atoms with Gasteiger partial charge in [0.2, 0.25) is 0 Å². The van der Waals surface area contributed by atoms with Crippen LogP contribution in [0.25, 0.3) is 0 Å². The maximum atomic E-state index is 14.6. The van der Waals surface area contributed by atoms with E-state index in [0.717, 1.165) is 8.61 Å². The number of nitrogen functional groups attached to an aromatic ring is 2. The Balaban J connectivity index is 1.46. The molecule has 2 saturated heterocycles. The van der Waals surface area contributed by atoms with Crippen LogP contribution in [0.1, 0.15) is 51.7 Å². The van der Waals surface area contributed by atoms with Crippen molar-refractivity contribution in [2.24, 2.45) is 11.8 Å². The first-order valence-corrected chi connectivity index (χ1v) is 28.9. The number of benzene rings is 4. The summed E-state index contributed by atoms with van der Waals surface area (Å²) in [6, 6.07) is 26.4. The number of nitrogens with two attached hydrogens (primary N) is 2. The second-order valence-electron chi connectivity index (χ2n) is 19.1. The molecule has 8 N–H and O–H groups in total. The van der Waals surface area contributed by atoms with E-state index in [1.54, 1.807) is 88.4 Å². The molecule has 6 rings (SSSR count). The third-order valence-corrected chi connectivity index (χ3v) is 16.9. The molecule has 0 saturated carbocycles. The summed E-state index contributed by atoms with van der Waals surface area (Å²) >= 11 is 0. The fraction of sp³-hybridized carbons (Fsp3) is 0.480. The van der Waals surface area contributed by atoms with Crippen molar-refractivity contribution in [2.75, 3.05) is 64.1 Å². The Bertz CT molecular complexity index is 2400. The zero-order valence-corrected chi connectivity index (χ0v) is 44.3. The summed E-state index contributed by atoms with van der Waals surface area (Å²) in [7, 11) is -14.5. The molecule has 2 fully saturated rings. The second-order valence-corrected chi connectivity index (χ2v) is 24.5. The van der Waals surface area contributed by atoms with Crippen molar-refractivity contribution in [2.45, 2.75) is 99.7 Å². The maximum absolute atomic E-state index is 14.6. The van der Waals surface area contributed by atoms with Gasteiger partial charge in [-0.3, -0.25) is 0 Å². The predicted octanol–water partition coefficient (Wildman–Crippen LogP) is 5.26. The molecule has 402 valence electrons. The summed E-state index contributed by atoms with van der Waals surface area (Å²) in [5.41, 5.74) is 13.8. The number of hydrogen-bond donors (Lipinski definition) is 6. The Morgan fingerprint density at radius 3 is 1.27 bits per heavy atom. The van der Waals surface area contributed by atoms with E-state index in [0.29, 0.717) is 48.6 Å². The molecular weight excluding hydrogens is 1000 g/mol. The molecule has 4 aromatic carbocycles. The van der Waals surface area contributed by atoms with Crippen LogP contribution >= 0.6 is 8.17 Å². The zero-order valence-electron chi connectivity index (χ0n) is 41.7. The summed E-state index contributed by atoms with van der Waals surface area (Å²) in [4.78, 5) is 52.4. The molecule has 2 amide bonds. The Hall–Kier alpha value is -4.97. The van der Waals surface area contributed by atoms with E-state index in [1.807, 2.05) is 0 Å². The standard InChI is InChI=1S/C50H71N6O14PS2/c1-35(2)29-55(72(61,62)43-19-15-39(51)16-20-43)31-47(45(27-37-11-7-5-8-12-37)53-49(57)67-41-23-25-65-33-41)69-71(59,60)70-48(32-56(30-36(3)4)73(63,64)44-21-17-40(52)18-22-44)46(28-38-13-9-6-10-14-38)54-50(58)68-42-24-26-66-34-42/h5-22,35-36,41-42,45-48,59-60,71H,23-34,51-52H2,1-4H3,(H,53,57)(H,54,58)/t41-,42-,45-,46-,47-,48+/m0/s1. The van der Waals surface area contributed by atoms with Crippen LogP contribution in [0, 0.1) is 11.8 Å². The van der Waals surface area contributed by atoms with E-state index >= 15 is 0 Å². The van der Waals surface area contributed by atoms with Crippen molar-refractivity contribution in [3.63, 3.8) is 0 Å². The number of carbonyl (C=O) groups is 2. The van der Waals surface area contributed by atoms with Crippen LogP contribution in [0.2, 0.25) is 0 Å². The van der Waals surface area contributed by atoms with Gasteiger partial charge in [-0.1, -0.05) is 0 Å². The molecule has 73 heavy (non-hydrogen) atoms. The van der Waals surface area contributed by atoms with Gasteiger partial charge in [0, 0.05) is 0 Å². The molecule has 2 heterocycles. The summed E-state index contributed by atoms with van der Waals surface area (Å²) in [5.74, 6) is -0.559. The Labute approximate surface area is 429 Å². The third kappa shape index (κ3) is 17.6. The summed E-state index contributed by atoms with van der Waals surface area (Å²) in [6.07, 6.45) is -5.43. The first kappa shape index (κ1) is 57.3. The van der Waals surface area contributed by atoms with E-state index < -0.39 is 90.0 Å². The van der Waals surface area contributed by atoms with Crippen molar-refractivity contribution in [1.82, 2.24) is 19.2 Å². The molecular formula is C50H71N6O14PS2. The van der Waals surface area contributed by atoms with E-state index in [4.69, 9.17) is 39.5 Å². The molecule has 6 atom stereocenters. The summed E-state index contributed by atoms with van der Waals surface area (Å²) < 4.78 is 95.8. The third-order valence-electron chi connectivity index (χ3n) is 12.0. The number of alkyl carbamates (subject to hydrolysis) is 2. The molecule has 0 aromatic heterocycles. The van der Waals surface area contributed by atoms with Crippen LogP contribution in [-0.2, 0) is 60.9 Å². The monoisotopic (exact) mass is 1070 g/mol. The van der Waals surface area contributed by atoms with Crippen molar-refractivity contribution in [1.29, 1.82) is 0 Å². The zero-order chi connectivity index (χ0) is 52.8. The molecule has 20 nitrogen and oxygen atoms in total. The number of carbonyl (C=O) groups excluding carboxylic acids is 2. The fourth-order valence-electron chi connectivity index (χ4n) is 8.42. The molecule has 0 aliphatic carbocycles. The van der Waals surface area contributed by atoms with Crippen LogP contribution in [0.4, 0.5) is 21.0 Å². The van der Waals surface area contributed by atoms with Gasteiger partial charge in [-0.2, -0.15) is 0 Å². The number of ether oxygens (including phenoxy) is 4. The first-order chi connectivity index (χ1) is 34.7. The SMILES string of the molecule is CC(C)CN(C[C@H](O[PH](O)(O)O[C@H](CN(CC(C)C)S(=O)(=O)c1ccc(N)cc1)[C@H](Cc1ccccc1)NC(=O)O[C@H]1CCOC1)[C@H](Cc1ccccc1)NC(=O)O[C@H]1CCOC1)S(=O)(=O)c1ccc(N)cc1. The van der Waals surface area contributed by atoms with Crippen molar-refractivity contribution in [3.05, 3.63) is 120 Å². The fourth-order valence-corrected chi connectivity index (χ4v) is 13.0. The molecule has 0 bridgehead atoms. The number of sulfonamides is 2. The number of rotatable bonds is 26. The molecule has 0 radical (unpaired) electrons. The van der Waals surface area contributed by atoms with E-state index in [1.165, 1.54) is 48.5 Å². The molecule has 4 aromatic rings. The predicted molar refractivity (Wildman–Crippen MR) is 277 cm³/mol. The average Bonchev–Trinajstić information content (AvgIpc) is 4.06. The number of hydrogen-bond acceptors (Lipinski definition) is 16. The molecule has 2 aliphatic heterocycles. The molecule has 0 spiro atoms. The quantitative estimate of drug-likeness (QED) is 0.0345. The molecule has 23 heteroatoms. The van der Waals surface area contributed by atoms with Gasteiger partial charge in [0.25, 0.3) is 0 Å². The van der Waals surface area contributed by atoms with Crippen molar-refractivity contribution < 1.29 is 64.2 Å². The van der Waals surface area contributed by atoms with Gasteiger partial charge in [0.15, 0.2) is 0 Å². The first-order valence-electron chi connectivity index (χ1n) is 24.4. The van der Waals surface area contributed by atoms with Gasteiger partial charge in [-0.05, 0) is 0 Å². The second kappa shape index (κ2) is 26.5. The normalized spacial score (nSPS) is 18.4. The van der Waals surface area contributed by atoms with Crippen molar-refractivity contribution in [3.8, 4) is 0 Å². The van der Waals surface area contributed by atoms with Gasteiger partial charge in [-0.15, -0.1) is 0 Å². The van der Waals surface area contributed by atoms with Crippen LogP contribution < -0.4 is 22.1 Å². The molecule has 0 unspecified atom stereocenters. The number of nitrogens with one attached hydrogen (secondary N) is 2.